The molecule has 8 nitrogen and oxygen atoms in total. The molecule has 0 saturated carbocycles. The average Bonchev–Trinajstić information content (AvgIpc) is 3.20. The number of Topliss-reactive ketones (excluding diaryl/α,β-unsaturated/α-hetero) is 1. The van der Waals surface area contributed by atoms with Crippen LogP contribution in [0.25, 0.3) is 28.2 Å². The van der Waals surface area contributed by atoms with E-state index in [1.54, 1.807) is 24.6 Å². The Morgan fingerprint density at radius 1 is 1.07 bits per heavy atom. The molecule has 1 atom stereocenters. The maximum absolute atomic E-state index is 12.7. The first-order valence-corrected chi connectivity index (χ1v) is 8.57. The summed E-state index contributed by atoms with van der Waals surface area (Å²) in [4.78, 5) is 41.7. The molecule has 0 spiro atoms. The highest BCUT2D eigenvalue weighted by Crippen LogP contribution is 2.28. The molecule has 0 aliphatic rings. The van der Waals surface area contributed by atoms with Gasteiger partial charge in [0, 0.05) is 20.3 Å². The van der Waals surface area contributed by atoms with Crippen LogP contribution >= 0.6 is 0 Å². The SMILES string of the molecule is CC(=O)C(C)n1c(-c2ccccc2)cn2c3c(=O)n(C)c(=O)n(C)c3nc12. The molecule has 0 N–H and O–H groups in total. The Hall–Kier alpha value is -3.42. The van der Waals surface area contributed by atoms with E-state index in [9.17, 15) is 14.4 Å². The molecule has 1 unspecified atom stereocenters. The summed E-state index contributed by atoms with van der Waals surface area (Å²) >= 11 is 0. The Morgan fingerprint density at radius 2 is 1.74 bits per heavy atom. The fraction of sp³-hybridized carbons (Fsp3) is 0.263. The molecular weight excluding hydrogens is 346 g/mol. The average molecular weight is 365 g/mol. The lowest BCUT2D eigenvalue weighted by Gasteiger charge is -2.14. The zero-order chi connectivity index (χ0) is 19.5. The van der Waals surface area contributed by atoms with Gasteiger partial charge < -0.3 is 0 Å². The van der Waals surface area contributed by atoms with Crippen LogP contribution in [0.5, 0.6) is 0 Å². The summed E-state index contributed by atoms with van der Waals surface area (Å²) in [5.41, 5.74) is 1.42. The van der Waals surface area contributed by atoms with Crippen LogP contribution < -0.4 is 11.2 Å². The number of nitrogens with zero attached hydrogens (tertiary/aromatic N) is 5. The van der Waals surface area contributed by atoms with Gasteiger partial charge in [-0.1, -0.05) is 30.3 Å². The number of aromatic nitrogens is 5. The van der Waals surface area contributed by atoms with Crippen LogP contribution in [-0.2, 0) is 18.9 Å². The van der Waals surface area contributed by atoms with Gasteiger partial charge in [0.25, 0.3) is 5.56 Å². The number of ketones is 1. The van der Waals surface area contributed by atoms with Crippen molar-refractivity contribution in [3.05, 3.63) is 57.4 Å². The van der Waals surface area contributed by atoms with Crippen molar-refractivity contribution < 1.29 is 4.79 Å². The topological polar surface area (TPSA) is 83.3 Å². The van der Waals surface area contributed by atoms with E-state index in [0.29, 0.717) is 16.9 Å². The molecule has 4 rings (SSSR count). The molecule has 0 saturated heterocycles. The Balaban J connectivity index is 2.21. The first kappa shape index (κ1) is 17.0. The fourth-order valence-electron chi connectivity index (χ4n) is 3.37. The number of rotatable bonds is 3. The zero-order valence-corrected chi connectivity index (χ0v) is 15.5. The summed E-state index contributed by atoms with van der Waals surface area (Å²) in [5.74, 6) is 0.420. The minimum atomic E-state index is -0.476. The van der Waals surface area contributed by atoms with Gasteiger partial charge in [-0.2, -0.15) is 4.98 Å². The molecule has 1 aromatic carbocycles. The predicted molar refractivity (Wildman–Crippen MR) is 102 cm³/mol. The number of carbonyl (C=O) groups is 1. The number of hydrogen-bond acceptors (Lipinski definition) is 4. The van der Waals surface area contributed by atoms with Crippen molar-refractivity contribution >= 4 is 22.7 Å². The van der Waals surface area contributed by atoms with E-state index in [1.807, 2.05) is 34.9 Å². The van der Waals surface area contributed by atoms with Gasteiger partial charge in [-0.25, -0.2) is 4.79 Å². The van der Waals surface area contributed by atoms with Crippen LogP contribution in [0.3, 0.4) is 0 Å². The highest BCUT2D eigenvalue weighted by atomic mass is 16.2. The minimum absolute atomic E-state index is 0.0286. The monoisotopic (exact) mass is 365 g/mol. The molecule has 0 bridgehead atoms. The van der Waals surface area contributed by atoms with Crippen molar-refractivity contribution in [1.29, 1.82) is 0 Å². The quantitative estimate of drug-likeness (QED) is 0.551. The molecule has 0 aliphatic carbocycles. The molecule has 0 amide bonds. The van der Waals surface area contributed by atoms with E-state index in [0.717, 1.165) is 15.8 Å². The molecule has 138 valence electrons. The van der Waals surface area contributed by atoms with Gasteiger partial charge in [-0.3, -0.25) is 27.7 Å². The molecule has 0 radical (unpaired) electrons. The van der Waals surface area contributed by atoms with E-state index >= 15 is 0 Å². The predicted octanol–water partition coefficient (Wildman–Crippen LogP) is 1.50. The number of aryl methyl sites for hydroxylation is 1. The third kappa shape index (κ3) is 2.29. The first-order chi connectivity index (χ1) is 12.8. The van der Waals surface area contributed by atoms with E-state index in [1.165, 1.54) is 18.5 Å². The molecule has 0 fully saturated rings. The summed E-state index contributed by atoms with van der Waals surface area (Å²) < 4.78 is 5.87. The molecule has 8 heteroatoms. The van der Waals surface area contributed by atoms with E-state index in [-0.39, 0.29) is 5.78 Å². The molecule has 27 heavy (non-hydrogen) atoms. The van der Waals surface area contributed by atoms with Crippen molar-refractivity contribution in [2.24, 2.45) is 14.1 Å². The maximum Gasteiger partial charge on any atom is 0.332 e. The highest BCUT2D eigenvalue weighted by Gasteiger charge is 2.24. The minimum Gasteiger partial charge on any atom is -0.299 e. The smallest absolute Gasteiger partial charge is 0.299 e. The van der Waals surface area contributed by atoms with Crippen molar-refractivity contribution in [2.75, 3.05) is 0 Å². The summed E-state index contributed by atoms with van der Waals surface area (Å²) in [6.45, 7) is 3.32. The number of fused-ring (bicyclic) bond motifs is 3. The number of imidazole rings is 2. The molecule has 4 aromatic rings. The Kier molecular flexibility index (Phi) is 3.66. The molecule has 3 aromatic heterocycles. The van der Waals surface area contributed by atoms with Crippen molar-refractivity contribution in [3.8, 4) is 11.3 Å². The van der Waals surface area contributed by atoms with Crippen LogP contribution in [0.2, 0.25) is 0 Å². The lowest BCUT2D eigenvalue weighted by molar-refractivity contribution is -0.119. The van der Waals surface area contributed by atoms with Gasteiger partial charge >= 0.3 is 5.69 Å². The van der Waals surface area contributed by atoms with Gasteiger partial charge in [-0.15, -0.1) is 0 Å². The van der Waals surface area contributed by atoms with Gasteiger partial charge in [0.2, 0.25) is 5.78 Å². The van der Waals surface area contributed by atoms with Crippen molar-refractivity contribution in [3.63, 3.8) is 0 Å². The maximum atomic E-state index is 12.7. The van der Waals surface area contributed by atoms with Crippen LogP contribution in [0.1, 0.15) is 19.9 Å². The number of benzene rings is 1. The van der Waals surface area contributed by atoms with E-state index in [4.69, 9.17) is 0 Å². The van der Waals surface area contributed by atoms with Crippen LogP contribution in [0.15, 0.2) is 46.1 Å². The largest absolute Gasteiger partial charge is 0.332 e. The third-order valence-electron chi connectivity index (χ3n) is 5.04. The molecule has 0 aliphatic heterocycles. The number of carbonyl (C=O) groups excluding carboxylic acids is 1. The standard InChI is InChI=1S/C19H19N5O3/c1-11(12(2)25)24-14(13-8-6-5-7-9-13)10-23-15-16(20-18(23)24)21(3)19(27)22(4)17(15)26/h5-11H,1-4H3. The van der Waals surface area contributed by atoms with Gasteiger partial charge in [0.05, 0.1) is 11.7 Å². The molecular formula is C19H19N5O3. The van der Waals surface area contributed by atoms with Crippen molar-refractivity contribution in [1.82, 2.24) is 23.1 Å². The Morgan fingerprint density at radius 3 is 2.37 bits per heavy atom. The van der Waals surface area contributed by atoms with Gasteiger partial charge in [0.1, 0.15) is 0 Å². The summed E-state index contributed by atoms with van der Waals surface area (Å²) in [5, 5.41) is 0. The fourth-order valence-corrected chi connectivity index (χ4v) is 3.37. The second-order valence-electron chi connectivity index (χ2n) is 6.70. The molecule has 3 heterocycles. The van der Waals surface area contributed by atoms with Crippen LogP contribution in [0, 0.1) is 0 Å². The Bertz CT molecular complexity index is 1320. The lowest BCUT2D eigenvalue weighted by atomic mass is 10.1. The van der Waals surface area contributed by atoms with Gasteiger partial charge in [-0.05, 0) is 19.4 Å². The number of hydrogen-bond donors (Lipinski definition) is 0. The zero-order valence-electron chi connectivity index (χ0n) is 15.5. The highest BCUT2D eigenvalue weighted by molar-refractivity contribution is 5.83. The van der Waals surface area contributed by atoms with E-state index in [2.05, 4.69) is 4.98 Å². The third-order valence-corrected chi connectivity index (χ3v) is 5.04. The van der Waals surface area contributed by atoms with E-state index < -0.39 is 17.3 Å². The Labute approximate surface area is 153 Å². The lowest BCUT2D eigenvalue weighted by Crippen LogP contribution is -2.37. The van der Waals surface area contributed by atoms with Gasteiger partial charge in [0.15, 0.2) is 16.9 Å². The second kappa shape index (κ2) is 5.80. The van der Waals surface area contributed by atoms with Crippen LogP contribution in [-0.4, -0.2) is 28.9 Å². The van der Waals surface area contributed by atoms with Crippen LogP contribution in [0.4, 0.5) is 0 Å². The summed E-state index contributed by atoms with van der Waals surface area (Å²) in [6, 6.07) is 9.14. The first-order valence-electron chi connectivity index (χ1n) is 8.57. The van der Waals surface area contributed by atoms with Crippen molar-refractivity contribution in [2.45, 2.75) is 19.9 Å². The summed E-state index contributed by atoms with van der Waals surface area (Å²) in [7, 11) is 3.02. The second-order valence-corrected chi connectivity index (χ2v) is 6.70. The normalized spacial score (nSPS) is 12.7. The summed E-state index contributed by atoms with van der Waals surface area (Å²) in [6.07, 6.45) is 1.80.